The van der Waals surface area contributed by atoms with E-state index >= 15 is 0 Å². The number of hydrogen-bond acceptors (Lipinski definition) is 4. The first kappa shape index (κ1) is 14.6. The van der Waals surface area contributed by atoms with Crippen LogP contribution >= 0.6 is 23.2 Å². The highest BCUT2D eigenvalue weighted by Gasteiger charge is 2.16. The highest BCUT2D eigenvalue weighted by molar-refractivity contribution is 6.42. The Morgan fingerprint density at radius 2 is 1.80 bits per heavy atom. The lowest BCUT2D eigenvalue weighted by Crippen LogP contribution is -1.92. The molecule has 0 spiro atoms. The molecule has 0 radical (unpaired) electrons. The molecule has 1 aliphatic heterocycles. The highest BCUT2D eigenvalue weighted by Crippen LogP contribution is 2.36. The van der Waals surface area contributed by atoms with Gasteiger partial charge in [-0.25, -0.2) is 4.98 Å². The number of rotatable bonds is 2. The molecule has 6 nitrogen and oxygen atoms in total. The number of hydrogen-bond donors (Lipinski definition) is 2. The van der Waals surface area contributed by atoms with Crippen LogP contribution < -0.4 is 9.47 Å². The van der Waals surface area contributed by atoms with Crippen molar-refractivity contribution >= 4 is 34.2 Å². The van der Waals surface area contributed by atoms with E-state index in [4.69, 9.17) is 32.7 Å². The summed E-state index contributed by atoms with van der Waals surface area (Å²) < 4.78 is 10.7. The van der Waals surface area contributed by atoms with Gasteiger partial charge in [-0.1, -0.05) is 23.2 Å². The number of nitrogens with one attached hydrogen (secondary N) is 2. The van der Waals surface area contributed by atoms with E-state index < -0.39 is 0 Å². The van der Waals surface area contributed by atoms with Crippen molar-refractivity contribution in [2.75, 3.05) is 6.79 Å². The fraction of sp³-hybridized carbons (Fsp3) is 0.0588. The van der Waals surface area contributed by atoms with Gasteiger partial charge in [0.15, 0.2) is 17.3 Å². The van der Waals surface area contributed by atoms with Crippen molar-refractivity contribution in [3.05, 3.63) is 46.4 Å². The van der Waals surface area contributed by atoms with Crippen molar-refractivity contribution in [2.24, 2.45) is 0 Å². The molecule has 0 unspecified atom stereocenters. The van der Waals surface area contributed by atoms with Crippen LogP contribution in [-0.2, 0) is 0 Å². The zero-order valence-electron chi connectivity index (χ0n) is 12.6. The number of fused-ring (bicyclic) bond motifs is 2. The Hall–Kier alpha value is -2.70. The lowest BCUT2D eigenvalue weighted by molar-refractivity contribution is 0.174. The van der Waals surface area contributed by atoms with Crippen LogP contribution in [-0.4, -0.2) is 27.0 Å². The molecule has 5 rings (SSSR count). The Bertz CT molecular complexity index is 1080. The summed E-state index contributed by atoms with van der Waals surface area (Å²) in [7, 11) is 0. The monoisotopic (exact) mass is 372 g/mol. The molecule has 0 amide bonds. The minimum Gasteiger partial charge on any atom is -0.454 e. The second-order valence-electron chi connectivity index (χ2n) is 5.60. The molecule has 2 aromatic heterocycles. The van der Waals surface area contributed by atoms with Crippen LogP contribution in [0.15, 0.2) is 36.4 Å². The van der Waals surface area contributed by atoms with Crippen LogP contribution in [0.1, 0.15) is 0 Å². The van der Waals surface area contributed by atoms with Gasteiger partial charge in [0.1, 0.15) is 5.69 Å². The van der Waals surface area contributed by atoms with E-state index in [2.05, 4.69) is 20.2 Å². The topological polar surface area (TPSA) is 75.8 Å². The first-order valence-electron chi connectivity index (χ1n) is 7.48. The Labute approximate surface area is 151 Å². The normalized spacial score (nSPS) is 12.9. The van der Waals surface area contributed by atoms with E-state index in [1.165, 1.54) is 0 Å². The molecule has 124 valence electrons. The van der Waals surface area contributed by atoms with E-state index in [1.54, 1.807) is 12.1 Å². The van der Waals surface area contributed by atoms with Gasteiger partial charge in [-0.05, 0) is 36.4 Å². The molecule has 2 N–H and O–H groups in total. The van der Waals surface area contributed by atoms with Crippen LogP contribution in [0.2, 0.25) is 10.0 Å². The van der Waals surface area contributed by atoms with Crippen molar-refractivity contribution in [1.82, 2.24) is 20.2 Å². The van der Waals surface area contributed by atoms with Crippen LogP contribution in [0.3, 0.4) is 0 Å². The highest BCUT2D eigenvalue weighted by atomic mass is 35.5. The fourth-order valence-corrected chi connectivity index (χ4v) is 3.10. The number of aromatic amines is 2. The van der Waals surface area contributed by atoms with Crippen LogP contribution in [0.4, 0.5) is 0 Å². The number of ether oxygens (including phenoxy) is 2. The number of nitrogens with zero attached hydrogens (tertiary/aromatic N) is 2. The maximum Gasteiger partial charge on any atom is 0.231 e. The maximum atomic E-state index is 6.05. The first-order chi connectivity index (χ1) is 12.2. The summed E-state index contributed by atoms with van der Waals surface area (Å²) in [6, 6.07) is 11.1. The number of halogens is 2. The van der Waals surface area contributed by atoms with Crippen molar-refractivity contribution in [3.8, 4) is 34.3 Å². The fourth-order valence-electron chi connectivity index (χ4n) is 2.78. The molecule has 0 bridgehead atoms. The number of imidazole rings is 1. The summed E-state index contributed by atoms with van der Waals surface area (Å²) in [6.07, 6.45) is 0. The van der Waals surface area contributed by atoms with Gasteiger partial charge in [-0.15, -0.1) is 0 Å². The van der Waals surface area contributed by atoms with E-state index in [0.717, 1.165) is 39.5 Å². The third kappa shape index (κ3) is 2.42. The van der Waals surface area contributed by atoms with Crippen LogP contribution in [0, 0.1) is 0 Å². The summed E-state index contributed by atoms with van der Waals surface area (Å²) in [5, 5.41) is 8.31. The summed E-state index contributed by atoms with van der Waals surface area (Å²) >= 11 is 12.1. The van der Waals surface area contributed by atoms with Gasteiger partial charge in [-0.2, -0.15) is 5.10 Å². The molecule has 2 aromatic carbocycles. The van der Waals surface area contributed by atoms with Gasteiger partial charge in [0.25, 0.3) is 0 Å². The van der Waals surface area contributed by atoms with E-state index in [0.29, 0.717) is 15.9 Å². The van der Waals surface area contributed by atoms with E-state index in [9.17, 15) is 0 Å². The molecule has 0 atom stereocenters. The largest absolute Gasteiger partial charge is 0.454 e. The second kappa shape index (κ2) is 5.40. The van der Waals surface area contributed by atoms with Crippen molar-refractivity contribution < 1.29 is 9.47 Å². The minimum absolute atomic E-state index is 0.245. The minimum atomic E-state index is 0.245. The number of aromatic nitrogens is 4. The van der Waals surface area contributed by atoms with Gasteiger partial charge in [0.2, 0.25) is 6.79 Å². The molecule has 0 saturated carbocycles. The maximum absolute atomic E-state index is 6.05. The lowest BCUT2D eigenvalue weighted by atomic mass is 10.1. The smallest absolute Gasteiger partial charge is 0.231 e. The van der Waals surface area contributed by atoms with Crippen LogP contribution in [0.25, 0.3) is 33.8 Å². The lowest BCUT2D eigenvalue weighted by Gasteiger charge is -1.98. The zero-order chi connectivity index (χ0) is 17.0. The average molecular weight is 373 g/mol. The molecule has 25 heavy (non-hydrogen) atoms. The molecular formula is C17H10Cl2N4O2. The Morgan fingerprint density at radius 3 is 2.72 bits per heavy atom. The summed E-state index contributed by atoms with van der Waals surface area (Å²) in [4.78, 5) is 7.75. The Morgan fingerprint density at radius 1 is 0.960 bits per heavy atom. The standard InChI is InChI=1S/C17H10Cl2N4O2/c18-9-4-12-13(5-10(9)19)21-17(20-12)14-6-11(22-23-14)8-1-2-15-16(3-8)25-7-24-15/h1-6H,7H2,(H,20,21)(H,22,23). The zero-order valence-corrected chi connectivity index (χ0v) is 14.1. The number of benzene rings is 2. The quantitative estimate of drug-likeness (QED) is 0.536. The Balaban J connectivity index is 1.54. The third-order valence-corrected chi connectivity index (χ3v) is 4.75. The van der Waals surface area contributed by atoms with E-state index in [1.807, 2.05) is 24.3 Å². The molecule has 0 saturated heterocycles. The predicted molar refractivity (Wildman–Crippen MR) is 95.3 cm³/mol. The summed E-state index contributed by atoms with van der Waals surface area (Å²) in [5.41, 5.74) is 4.02. The second-order valence-corrected chi connectivity index (χ2v) is 6.42. The molecule has 3 heterocycles. The first-order valence-corrected chi connectivity index (χ1v) is 8.23. The predicted octanol–water partition coefficient (Wildman–Crippen LogP) is 4.66. The number of H-pyrrole nitrogens is 2. The summed E-state index contributed by atoms with van der Waals surface area (Å²) in [6.45, 7) is 0.245. The molecule has 4 aromatic rings. The molecule has 1 aliphatic rings. The SMILES string of the molecule is Clc1cc2nc(-c3cc(-c4ccc5c(c4)OCO5)n[nH]3)[nH]c2cc1Cl. The molecular weight excluding hydrogens is 363 g/mol. The Kier molecular flexibility index (Phi) is 3.16. The van der Waals surface area contributed by atoms with Gasteiger partial charge in [0.05, 0.1) is 26.8 Å². The average Bonchev–Trinajstić information content (AvgIpc) is 3.33. The van der Waals surface area contributed by atoms with Crippen molar-refractivity contribution in [3.63, 3.8) is 0 Å². The van der Waals surface area contributed by atoms with Gasteiger partial charge < -0.3 is 14.5 Å². The van der Waals surface area contributed by atoms with Gasteiger partial charge in [-0.3, -0.25) is 5.10 Å². The third-order valence-electron chi connectivity index (χ3n) is 4.03. The van der Waals surface area contributed by atoms with Gasteiger partial charge >= 0.3 is 0 Å². The summed E-state index contributed by atoms with van der Waals surface area (Å²) in [5.74, 6) is 2.12. The van der Waals surface area contributed by atoms with Crippen molar-refractivity contribution in [1.29, 1.82) is 0 Å². The molecule has 0 fully saturated rings. The van der Waals surface area contributed by atoms with E-state index in [-0.39, 0.29) is 6.79 Å². The van der Waals surface area contributed by atoms with Crippen molar-refractivity contribution in [2.45, 2.75) is 0 Å². The molecule has 0 aliphatic carbocycles. The molecule has 8 heteroatoms. The van der Waals surface area contributed by atoms with Crippen LogP contribution in [0.5, 0.6) is 11.5 Å². The van der Waals surface area contributed by atoms with Gasteiger partial charge in [0, 0.05) is 5.56 Å².